The summed E-state index contributed by atoms with van der Waals surface area (Å²) in [6.07, 6.45) is 1.79. The molecule has 21 heavy (non-hydrogen) atoms. The number of ether oxygens (including phenoxy) is 1. The topological polar surface area (TPSA) is 64.3 Å². The SMILES string of the molecule is COCCCCn1c(SCC(=O)O)nc2cc(F)ccc21. The Bertz CT molecular complexity index is 630. The fourth-order valence-corrected chi connectivity index (χ4v) is 2.81. The number of halogens is 1. The van der Waals surface area contributed by atoms with Crippen molar-refractivity contribution >= 4 is 28.8 Å². The van der Waals surface area contributed by atoms with Gasteiger partial charge in [0.1, 0.15) is 5.82 Å². The number of hydrogen-bond acceptors (Lipinski definition) is 4. The minimum Gasteiger partial charge on any atom is -0.481 e. The summed E-state index contributed by atoms with van der Waals surface area (Å²) in [7, 11) is 1.66. The van der Waals surface area contributed by atoms with Crippen LogP contribution in [0.5, 0.6) is 0 Å². The number of fused-ring (bicyclic) bond motifs is 1. The lowest BCUT2D eigenvalue weighted by atomic mass is 10.3. The molecule has 0 saturated carbocycles. The molecule has 0 fully saturated rings. The number of aromatic nitrogens is 2. The molecule has 0 atom stereocenters. The molecular formula is C14H17FN2O3S. The van der Waals surface area contributed by atoms with Gasteiger partial charge in [-0.25, -0.2) is 9.37 Å². The molecule has 0 radical (unpaired) electrons. The Morgan fingerprint density at radius 1 is 1.48 bits per heavy atom. The van der Waals surface area contributed by atoms with Gasteiger partial charge in [0.15, 0.2) is 5.16 Å². The number of nitrogens with zero attached hydrogens (tertiary/aromatic N) is 2. The molecule has 0 amide bonds. The highest BCUT2D eigenvalue weighted by Crippen LogP contribution is 2.25. The fourth-order valence-electron chi connectivity index (χ4n) is 2.05. The molecule has 0 unspecified atom stereocenters. The number of carboxylic acids is 1. The lowest BCUT2D eigenvalue weighted by molar-refractivity contribution is -0.133. The Morgan fingerprint density at radius 3 is 3.00 bits per heavy atom. The number of unbranched alkanes of at least 4 members (excludes halogenated alkanes) is 1. The highest BCUT2D eigenvalue weighted by molar-refractivity contribution is 7.99. The second-order valence-corrected chi connectivity index (χ2v) is 5.50. The first-order chi connectivity index (χ1) is 10.1. The minimum absolute atomic E-state index is 0.0656. The van der Waals surface area contributed by atoms with E-state index in [0.29, 0.717) is 23.8 Å². The van der Waals surface area contributed by atoms with Crippen molar-refractivity contribution in [2.24, 2.45) is 0 Å². The average Bonchev–Trinajstić information content (AvgIpc) is 2.78. The van der Waals surface area contributed by atoms with Gasteiger partial charge in [-0.1, -0.05) is 11.8 Å². The molecule has 0 aliphatic rings. The van der Waals surface area contributed by atoms with Crippen molar-refractivity contribution in [1.82, 2.24) is 9.55 Å². The van der Waals surface area contributed by atoms with E-state index in [1.165, 1.54) is 12.1 Å². The highest BCUT2D eigenvalue weighted by atomic mass is 32.2. The molecule has 0 bridgehead atoms. The lowest BCUT2D eigenvalue weighted by Gasteiger charge is -2.08. The zero-order valence-corrected chi connectivity index (χ0v) is 12.5. The number of rotatable bonds is 8. The van der Waals surface area contributed by atoms with E-state index >= 15 is 0 Å². The second-order valence-electron chi connectivity index (χ2n) is 4.56. The number of hydrogen-bond donors (Lipinski definition) is 1. The van der Waals surface area contributed by atoms with E-state index in [2.05, 4.69) is 4.98 Å². The molecule has 5 nitrogen and oxygen atoms in total. The van der Waals surface area contributed by atoms with Gasteiger partial charge in [-0.15, -0.1) is 0 Å². The number of carbonyl (C=O) groups is 1. The van der Waals surface area contributed by atoms with Crippen LogP contribution >= 0.6 is 11.8 Å². The number of thioether (sulfide) groups is 1. The van der Waals surface area contributed by atoms with E-state index in [0.717, 1.165) is 30.1 Å². The molecule has 2 aromatic rings. The maximum absolute atomic E-state index is 13.3. The largest absolute Gasteiger partial charge is 0.481 e. The number of aliphatic carboxylic acids is 1. The summed E-state index contributed by atoms with van der Waals surface area (Å²) in [6, 6.07) is 4.44. The van der Waals surface area contributed by atoms with E-state index < -0.39 is 5.97 Å². The average molecular weight is 312 g/mol. The molecule has 0 spiro atoms. The van der Waals surface area contributed by atoms with Crippen LogP contribution in [0.2, 0.25) is 0 Å². The van der Waals surface area contributed by atoms with Crippen molar-refractivity contribution in [3.8, 4) is 0 Å². The monoisotopic (exact) mass is 312 g/mol. The van der Waals surface area contributed by atoms with Crippen LogP contribution in [0.1, 0.15) is 12.8 Å². The Morgan fingerprint density at radius 2 is 2.29 bits per heavy atom. The van der Waals surface area contributed by atoms with Crippen molar-refractivity contribution in [3.63, 3.8) is 0 Å². The third-order valence-electron chi connectivity index (χ3n) is 2.98. The number of imidazole rings is 1. The normalized spacial score (nSPS) is 11.1. The predicted molar refractivity (Wildman–Crippen MR) is 79.2 cm³/mol. The van der Waals surface area contributed by atoms with Crippen molar-refractivity contribution in [3.05, 3.63) is 24.0 Å². The van der Waals surface area contributed by atoms with Crippen LogP contribution in [-0.2, 0) is 16.1 Å². The number of methoxy groups -OCH3 is 1. The van der Waals surface area contributed by atoms with Crippen LogP contribution in [0.3, 0.4) is 0 Å². The van der Waals surface area contributed by atoms with Crippen LogP contribution in [0.4, 0.5) is 4.39 Å². The molecule has 114 valence electrons. The first-order valence-corrected chi connectivity index (χ1v) is 7.59. The van der Waals surface area contributed by atoms with Crippen molar-refractivity contribution in [1.29, 1.82) is 0 Å². The van der Waals surface area contributed by atoms with E-state index in [9.17, 15) is 9.18 Å². The quantitative estimate of drug-likeness (QED) is 0.600. The maximum atomic E-state index is 13.3. The first kappa shape index (κ1) is 15.8. The van der Waals surface area contributed by atoms with E-state index in [-0.39, 0.29) is 11.6 Å². The molecule has 1 N–H and O–H groups in total. The molecule has 0 aliphatic heterocycles. The van der Waals surface area contributed by atoms with Gasteiger partial charge in [-0.05, 0) is 25.0 Å². The molecule has 7 heteroatoms. The first-order valence-electron chi connectivity index (χ1n) is 6.61. The Hall–Kier alpha value is -1.60. The van der Waals surface area contributed by atoms with Crippen LogP contribution in [-0.4, -0.2) is 40.1 Å². The summed E-state index contributed by atoms with van der Waals surface area (Å²) in [6.45, 7) is 1.38. The van der Waals surface area contributed by atoms with Gasteiger partial charge < -0.3 is 14.4 Å². The zero-order valence-electron chi connectivity index (χ0n) is 11.7. The number of aryl methyl sites for hydroxylation is 1. The predicted octanol–water partition coefficient (Wildman–Crippen LogP) is 2.78. The van der Waals surface area contributed by atoms with Crippen molar-refractivity contribution in [2.45, 2.75) is 24.5 Å². The number of benzene rings is 1. The third-order valence-corrected chi connectivity index (χ3v) is 3.94. The van der Waals surface area contributed by atoms with Gasteiger partial charge in [-0.3, -0.25) is 4.79 Å². The molecule has 1 aromatic carbocycles. The Balaban J connectivity index is 2.23. The summed E-state index contributed by atoms with van der Waals surface area (Å²) < 4.78 is 20.2. The summed E-state index contributed by atoms with van der Waals surface area (Å²) >= 11 is 1.15. The maximum Gasteiger partial charge on any atom is 0.313 e. The van der Waals surface area contributed by atoms with E-state index in [1.807, 2.05) is 4.57 Å². The van der Waals surface area contributed by atoms with Gasteiger partial charge in [-0.2, -0.15) is 0 Å². The van der Waals surface area contributed by atoms with Crippen molar-refractivity contribution < 1.29 is 19.0 Å². The smallest absolute Gasteiger partial charge is 0.313 e. The Kier molecular flexibility index (Phi) is 5.58. The van der Waals surface area contributed by atoms with Gasteiger partial charge >= 0.3 is 5.97 Å². The van der Waals surface area contributed by atoms with Crippen LogP contribution < -0.4 is 0 Å². The summed E-state index contributed by atoms with van der Waals surface area (Å²) in [5.41, 5.74) is 1.37. The van der Waals surface area contributed by atoms with Crippen LogP contribution in [0.25, 0.3) is 11.0 Å². The summed E-state index contributed by atoms with van der Waals surface area (Å²) in [5.74, 6) is -1.31. The second kappa shape index (κ2) is 7.42. The molecule has 0 saturated heterocycles. The zero-order chi connectivity index (χ0) is 15.2. The highest BCUT2D eigenvalue weighted by Gasteiger charge is 2.13. The van der Waals surface area contributed by atoms with Crippen LogP contribution in [0, 0.1) is 5.82 Å². The lowest BCUT2D eigenvalue weighted by Crippen LogP contribution is -2.04. The van der Waals surface area contributed by atoms with Crippen LogP contribution in [0.15, 0.2) is 23.4 Å². The summed E-state index contributed by atoms with van der Waals surface area (Å²) in [5, 5.41) is 9.40. The van der Waals surface area contributed by atoms with Gasteiger partial charge in [0.25, 0.3) is 0 Å². The molecule has 1 heterocycles. The van der Waals surface area contributed by atoms with E-state index in [1.54, 1.807) is 13.2 Å². The van der Waals surface area contributed by atoms with Gasteiger partial charge in [0.05, 0.1) is 16.8 Å². The molecule has 2 rings (SSSR count). The Labute approximate surface area is 126 Å². The minimum atomic E-state index is -0.899. The summed E-state index contributed by atoms with van der Waals surface area (Å²) in [4.78, 5) is 15.1. The number of carboxylic acid groups (broad SMARTS) is 1. The van der Waals surface area contributed by atoms with Gasteiger partial charge in [0, 0.05) is 26.3 Å². The molecular weight excluding hydrogens is 295 g/mol. The fraction of sp³-hybridized carbons (Fsp3) is 0.429. The standard InChI is InChI=1S/C14H17FN2O3S/c1-20-7-3-2-6-17-12-5-4-10(15)8-11(12)16-14(17)21-9-13(18)19/h4-5,8H,2-3,6-7,9H2,1H3,(H,18,19). The van der Waals surface area contributed by atoms with Gasteiger partial charge in [0.2, 0.25) is 0 Å². The molecule has 1 aromatic heterocycles. The third kappa shape index (κ3) is 4.18. The van der Waals surface area contributed by atoms with Crippen molar-refractivity contribution in [2.75, 3.05) is 19.5 Å². The van der Waals surface area contributed by atoms with E-state index in [4.69, 9.17) is 9.84 Å². The molecule has 0 aliphatic carbocycles.